The molecule has 20 heavy (non-hydrogen) atoms. The average molecular weight is 290 g/mol. The Morgan fingerprint density at radius 2 is 2.10 bits per heavy atom. The van der Waals surface area contributed by atoms with Gasteiger partial charge in [0.1, 0.15) is 5.82 Å². The van der Waals surface area contributed by atoms with E-state index in [0.717, 1.165) is 25.0 Å². The van der Waals surface area contributed by atoms with Gasteiger partial charge in [-0.25, -0.2) is 4.98 Å². The second-order valence-electron chi connectivity index (χ2n) is 5.15. The molecule has 0 N–H and O–H groups in total. The van der Waals surface area contributed by atoms with Gasteiger partial charge in [0.25, 0.3) is 0 Å². The summed E-state index contributed by atoms with van der Waals surface area (Å²) in [6, 6.07) is 4.11. The normalized spacial score (nSPS) is 17.6. The van der Waals surface area contributed by atoms with Crippen LogP contribution in [-0.4, -0.2) is 34.0 Å². The molecule has 0 saturated heterocycles. The first-order chi connectivity index (χ1) is 9.65. The summed E-state index contributed by atoms with van der Waals surface area (Å²) in [6.45, 7) is 0. The number of fused-ring (bicyclic) bond motifs is 1. The van der Waals surface area contributed by atoms with Crippen molar-refractivity contribution in [3.8, 4) is 0 Å². The monoisotopic (exact) mass is 289 g/mol. The van der Waals surface area contributed by atoms with Crippen LogP contribution in [-0.2, 0) is 6.42 Å². The summed E-state index contributed by atoms with van der Waals surface area (Å²) in [5.74, 6) is 1.41. The van der Waals surface area contributed by atoms with Gasteiger partial charge in [-0.3, -0.25) is 4.98 Å². The Balaban J connectivity index is 2.06. The zero-order valence-corrected chi connectivity index (χ0v) is 12.3. The summed E-state index contributed by atoms with van der Waals surface area (Å²) < 4.78 is 0. The molecule has 1 aliphatic carbocycles. The predicted molar refractivity (Wildman–Crippen MR) is 78.2 cm³/mol. The lowest BCUT2D eigenvalue weighted by Crippen LogP contribution is -2.19. The molecule has 0 saturated carbocycles. The average Bonchev–Trinajstić information content (AvgIpc) is 2.46. The minimum absolute atomic E-state index is 0.110. The molecule has 104 valence electrons. The van der Waals surface area contributed by atoms with E-state index in [0.29, 0.717) is 11.8 Å². The number of pyridine rings is 1. The molecule has 6 heteroatoms. The lowest BCUT2D eigenvalue weighted by atomic mass is 9.86. The molecule has 0 aliphatic heterocycles. The molecule has 2 aromatic rings. The van der Waals surface area contributed by atoms with Crippen LogP contribution in [0.2, 0.25) is 5.28 Å². The van der Waals surface area contributed by atoms with Crippen LogP contribution < -0.4 is 4.90 Å². The Morgan fingerprint density at radius 3 is 2.90 bits per heavy atom. The molecule has 1 unspecified atom stereocenters. The number of nitrogens with zero attached hydrogens (tertiary/aromatic N) is 5. The minimum Gasteiger partial charge on any atom is -0.347 e. The summed E-state index contributed by atoms with van der Waals surface area (Å²) in [5.41, 5.74) is 2.36. The van der Waals surface area contributed by atoms with Crippen molar-refractivity contribution in [3.63, 3.8) is 0 Å². The fourth-order valence-electron chi connectivity index (χ4n) is 2.57. The Morgan fingerprint density at radius 1 is 1.25 bits per heavy atom. The highest BCUT2D eigenvalue weighted by molar-refractivity contribution is 6.28. The van der Waals surface area contributed by atoms with Gasteiger partial charge in [0.05, 0.1) is 11.6 Å². The van der Waals surface area contributed by atoms with E-state index in [2.05, 4.69) is 26.0 Å². The summed E-state index contributed by atoms with van der Waals surface area (Å²) >= 11 is 6.03. The largest absolute Gasteiger partial charge is 0.347 e. The highest BCUT2D eigenvalue weighted by Crippen LogP contribution is 2.34. The smallest absolute Gasteiger partial charge is 0.229 e. The van der Waals surface area contributed by atoms with Gasteiger partial charge in [-0.2, -0.15) is 9.97 Å². The van der Waals surface area contributed by atoms with Crippen LogP contribution in [0.5, 0.6) is 0 Å². The summed E-state index contributed by atoms with van der Waals surface area (Å²) in [5, 5.41) is 0.238. The van der Waals surface area contributed by atoms with Gasteiger partial charge < -0.3 is 4.90 Å². The van der Waals surface area contributed by atoms with Crippen molar-refractivity contribution >= 4 is 17.5 Å². The lowest BCUT2D eigenvalue weighted by molar-refractivity contribution is 0.571. The number of hydrogen-bond donors (Lipinski definition) is 0. The first kappa shape index (κ1) is 13.2. The minimum atomic E-state index is 0.110. The summed E-state index contributed by atoms with van der Waals surface area (Å²) in [7, 11) is 3.78. The van der Waals surface area contributed by atoms with E-state index in [4.69, 9.17) is 11.6 Å². The molecule has 0 bridgehead atoms. The zero-order valence-electron chi connectivity index (χ0n) is 11.5. The molecule has 0 fully saturated rings. The third kappa shape index (κ3) is 2.45. The maximum Gasteiger partial charge on any atom is 0.229 e. The quantitative estimate of drug-likeness (QED) is 0.850. The number of halogens is 1. The number of rotatable bonds is 2. The van der Waals surface area contributed by atoms with Crippen LogP contribution in [0.1, 0.15) is 35.8 Å². The van der Waals surface area contributed by atoms with Crippen molar-refractivity contribution in [1.29, 1.82) is 0 Å². The van der Waals surface area contributed by atoms with Crippen molar-refractivity contribution < 1.29 is 0 Å². The number of anilines is 1. The zero-order chi connectivity index (χ0) is 14.1. The number of hydrogen-bond acceptors (Lipinski definition) is 5. The van der Waals surface area contributed by atoms with Gasteiger partial charge in [-0.15, -0.1) is 0 Å². The SMILES string of the molecule is CN(C)c1nc(Cl)nc(C2CCCc3cccnc32)n1. The Hall–Kier alpha value is -1.75. The van der Waals surface area contributed by atoms with Crippen LogP contribution >= 0.6 is 11.6 Å². The van der Waals surface area contributed by atoms with E-state index in [1.165, 1.54) is 5.56 Å². The van der Waals surface area contributed by atoms with Gasteiger partial charge in [0.15, 0.2) is 0 Å². The molecule has 3 rings (SSSR count). The van der Waals surface area contributed by atoms with E-state index in [9.17, 15) is 0 Å². The molecule has 2 heterocycles. The first-order valence-electron chi connectivity index (χ1n) is 6.67. The topological polar surface area (TPSA) is 54.8 Å². The fourth-order valence-corrected chi connectivity index (χ4v) is 2.73. The summed E-state index contributed by atoms with van der Waals surface area (Å²) in [6.07, 6.45) is 5.01. The molecule has 0 spiro atoms. The highest BCUT2D eigenvalue weighted by Gasteiger charge is 2.26. The van der Waals surface area contributed by atoms with E-state index in [1.807, 2.05) is 31.3 Å². The third-order valence-electron chi connectivity index (χ3n) is 3.52. The maximum atomic E-state index is 6.03. The van der Waals surface area contributed by atoms with E-state index < -0.39 is 0 Å². The Kier molecular flexibility index (Phi) is 3.53. The van der Waals surface area contributed by atoms with Crippen molar-refractivity contribution in [3.05, 3.63) is 40.7 Å². The van der Waals surface area contributed by atoms with Crippen LogP contribution in [0.25, 0.3) is 0 Å². The van der Waals surface area contributed by atoms with E-state index >= 15 is 0 Å². The molecule has 0 amide bonds. The maximum absolute atomic E-state index is 6.03. The predicted octanol–water partition coefficient (Wildman–Crippen LogP) is 2.45. The summed E-state index contributed by atoms with van der Waals surface area (Å²) in [4.78, 5) is 19.3. The molecule has 2 aromatic heterocycles. The van der Waals surface area contributed by atoms with E-state index in [-0.39, 0.29) is 11.2 Å². The number of aromatic nitrogens is 4. The van der Waals surface area contributed by atoms with E-state index in [1.54, 1.807) is 0 Å². The number of aryl methyl sites for hydroxylation is 1. The van der Waals surface area contributed by atoms with Crippen LogP contribution in [0.15, 0.2) is 18.3 Å². The van der Waals surface area contributed by atoms with Crippen LogP contribution in [0.3, 0.4) is 0 Å². The molecular weight excluding hydrogens is 274 g/mol. The van der Waals surface area contributed by atoms with Crippen molar-refractivity contribution in [1.82, 2.24) is 19.9 Å². The molecule has 0 radical (unpaired) electrons. The van der Waals surface area contributed by atoms with Crippen LogP contribution in [0.4, 0.5) is 5.95 Å². The fraction of sp³-hybridized carbons (Fsp3) is 0.429. The molecular formula is C14H16ClN5. The third-order valence-corrected chi connectivity index (χ3v) is 3.69. The second-order valence-corrected chi connectivity index (χ2v) is 5.49. The standard InChI is InChI=1S/C14H16ClN5/c1-20(2)14-18-12(17-13(15)19-14)10-7-3-5-9-6-4-8-16-11(9)10/h4,6,8,10H,3,5,7H2,1-2H3. The van der Waals surface area contributed by atoms with Gasteiger partial charge in [-0.1, -0.05) is 6.07 Å². The molecule has 0 aromatic carbocycles. The van der Waals surface area contributed by atoms with Gasteiger partial charge in [0.2, 0.25) is 11.2 Å². The highest BCUT2D eigenvalue weighted by atomic mass is 35.5. The first-order valence-corrected chi connectivity index (χ1v) is 7.05. The van der Waals surface area contributed by atoms with Gasteiger partial charge >= 0.3 is 0 Å². The molecule has 1 aliphatic rings. The molecule has 5 nitrogen and oxygen atoms in total. The Labute approximate surface area is 123 Å². The van der Waals surface area contributed by atoms with Crippen molar-refractivity contribution in [2.75, 3.05) is 19.0 Å². The van der Waals surface area contributed by atoms with Crippen molar-refractivity contribution in [2.24, 2.45) is 0 Å². The lowest BCUT2D eigenvalue weighted by Gasteiger charge is -2.23. The van der Waals surface area contributed by atoms with Gasteiger partial charge in [-0.05, 0) is 42.5 Å². The van der Waals surface area contributed by atoms with Gasteiger partial charge in [0, 0.05) is 20.3 Å². The van der Waals surface area contributed by atoms with Crippen molar-refractivity contribution in [2.45, 2.75) is 25.2 Å². The van der Waals surface area contributed by atoms with Crippen LogP contribution in [0, 0.1) is 0 Å². The Bertz CT molecular complexity index is 629. The molecule has 1 atom stereocenters. The second kappa shape index (κ2) is 5.32.